The zero-order valence-electron chi connectivity index (χ0n) is 11.6. The van der Waals surface area contributed by atoms with Gasteiger partial charge in [0.25, 0.3) is 0 Å². The molecule has 1 fully saturated rings. The molecule has 1 heterocycles. The SMILES string of the molecule is Cc1nc2cc(NC(=O)C3CC3)ccc2n1C(C)C. The fourth-order valence-corrected chi connectivity index (χ4v) is 2.54. The molecule has 0 bridgehead atoms. The van der Waals surface area contributed by atoms with E-state index in [-0.39, 0.29) is 11.8 Å². The third kappa shape index (κ3) is 2.23. The summed E-state index contributed by atoms with van der Waals surface area (Å²) in [6.45, 7) is 6.32. The lowest BCUT2D eigenvalue weighted by atomic mass is 10.2. The van der Waals surface area contributed by atoms with Gasteiger partial charge < -0.3 is 9.88 Å². The van der Waals surface area contributed by atoms with Gasteiger partial charge in [0.1, 0.15) is 5.82 Å². The summed E-state index contributed by atoms with van der Waals surface area (Å²) in [4.78, 5) is 16.3. The number of anilines is 1. The highest BCUT2D eigenvalue weighted by molar-refractivity contribution is 5.95. The number of carbonyl (C=O) groups is 1. The number of aromatic nitrogens is 2. The maximum Gasteiger partial charge on any atom is 0.227 e. The van der Waals surface area contributed by atoms with Crippen LogP contribution in [0.5, 0.6) is 0 Å². The van der Waals surface area contributed by atoms with Crippen molar-refractivity contribution in [1.29, 1.82) is 0 Å². The van der Waals surface area contributed by atoms with Gasteiger partial charge in [-0.25, -0.2) is 4.98 Å². The van der Waals surface area contributed by atoms with E-state index >= 15 is 0 Å². The maximum absolute atomic E-state index is 11.8. The first-order valence-electron chi connectivity index (χ1n) is 6.85. The second kappa shape index (κ2) is 4.37. The maximum atomic E-state index is 11.8. The summed E-state index contributed by atoms with van der Waals surface area (Å²) >= 11 is 0. The van der Waals surface area contributed by atoms with Crippen molar-refractivity contribution in [3.8, 4) is 0 Å². The molecule has 1 aromatic heterocycles. The monoisotopic (exact) mass is 257 g/mol. The Labute approximate surface area is 112 Å². The lowest BCUT2D eigenvalue weighted by Gasteiger charge is -2.11. The van der Waals surface area contributed by atoms with Gasteiger partial charge in [-0.15, -0.1) is 0 Å². The summed E-state index contributed by atoms with van der Waals surface area (Å²) in [5, 5.41) is 2.97. The molecule has 1 aliphatic rings. The molecule has 1 aromatic carbocycles. The fourth-order valence-electron chi connectivity index (χ4n) is 2.54. The van der Waals surface area contributed by atoms with Gasteiger partial charge >= 0.3 is 0 Å². The topological polar surface area (TPSA) is 46.9 Å². The molecular formula is C15H19N3O. The molecule has 3 rings (SSSR count). The van der Waals surface area contributed by atoms with Crippen molar-refractivity contribution in [2.24, 2.45) is 5.92 Å². The van der Waals surface area contributed by atoms with Gasteiger partial charge in [0.15, 0.2) is 0 Å². The van der Waals surface area contributed by atoms with E-state index in [9.17, 15) is 4.79 Å². The Bertz CT molecular complexity index is 638. The largest absolute Gasteiger partial charge is 0.326 e. The highest BCUT2D eigenvalue weighted by Crippen LogP contribution is 2.31. The van der Waals surface area contributed by atoms with E-state index in [2.05, 4.69) is 28.7 Å². The Kier molecular flexibility index (Phi) is 2.81. The molecule has 0 spiro atoms. The van der Waals surface area contributed by atoms with Crippen LogP contribution in [-0.2, 0) is 4.79 Å². The number of hydrogen-bond acceptors (Lipinski definition) is 2. The molecule has 0 aliphatic heterocycles. The first-order chi connectivity index (χ1) is 9.06. The van der Waals surface area contributed by atoms with E-state index in [1.807, 2.05) is 25.1 Å². The van der Waals surface area contributed by atoms with Gasteiger partial charge in [-0.05, 0) is 51.8 Å². The highest BCUT2D eigenvalue weighted by atomic mass is 16.2. The van der Waals surface area contributed by atoms with Crippen LogP contribution in [0, 0.1) is 12.8 Å². The van der Waals surface area contributed by atoms with Crippen molar-refractivity contribution in [1.82, 2.24) is 9.55 Å². The number of imidazole rings is 1. The molecule has 1 N–H and O–H groups in total. The standard InChI is InChI=1S/C15H19N3O/c1-9(2)18-10(3)16-13-8-12(6-7-14(13)18)17-15(19)11-4-5-11/h6-9,11H,4-5H2,1-3H3,(H,17,19). The van der Waals surface area contributed by atoms with Crippen LogP contribution in [-0.4, -0.2) is 15.5 Å². The molecule has 1 amide bonds. The van der Waals surface area contributed by atoms with Crippen LogP contribution in [0.4, 0.5) is 5.69 Å². The molecule has 19 heavy (non-hydrogen) atoms. The minimum Gasteiger partial charge on any atom is -0.326 e. The summed E-state index contributed by atoms with van der Waals surface area (Å²) < 4.78 is 2.21. The van der Waals surface area contributed by atoms with Crippen molar-refractivity contribution in [2.75, 3.05) is 5.32 Å². The van der Waals surface area contributed by atoms with E-state index in [1.54, 1.807) is 0 Å². The van der Waals surface area contributed by atoms with Gasteiger partial charge in [-0.2, -0.15) is 0 Å². The first kappa shape index (κ1) is 12.2. The van der Waals surface area contributed by atoms with E-state index in [0.29, 0.717) is 6.04 Å². The fraction of sp³-hybridized carbons (Fsp3) is 0.467. The number of carbonyl (C=O) groups excluding carboxylic acids is 1. The average molecular weight is 257 g/mol. The Hall–Kier alpha value is -1.84. The van der Waals surface area contributed by atoms with Crippen molar-refractivity contribution < 1.29 is 4.79 Å². The molecule has 0 atom stereocenters. The molecule has 4 nitrogen and oxygen atoms in total. The predicted molar refractivity (Wildman–Crippen MR) is 76.2 cm³/mol. The van der Waals surface area contributed by atoms with Gasteiger partial charge in [-0.3, -0.25) is 4.79 Å². The highest BCUT2D eigenvalue weighted by Gasteiger charge is 2.29. The summed E-state index contributed by atoms with van der Waals surface area (Å²) in [6.07, 6.45) is 2.05. The number of amides is 1. The van der Waals surface area contributed by atoms with Crippen molar-refractivity contribution in [2.45, 2.75) is 39.7 Å². The van der Waals surface area contributed by atoms with Crippen LogP contribution in [0.2, 0.25) is 0 Å². The Morgan fingerprint density at radius 3 is 2.79 bits per heavy atom. The van der Waals surface area contributed by atoms with Gasteiger partial charge in [-0.1, -0.05) is 0 Å². The van der Waals surface area contributed by atoms with Crippen LogP contribution in [0.15, 0.2) is 18.2 Å². The number of aryl methyl sites for hydroxylation is 1. The summed E-state index contributed by atoms with van der Waals surface area (Å²) in [5.74, 6) is 1.38. The minimum atomic E-state index is 0.138. The van der Waals surface area contributed by atoms with Crippen LogP contribution >= 0.6 is 0 Å². The zero-order chi connectivity index (χ0) is 13.6. The van der Waals surface area contributed by atoms with Crippen molar-refractivity contribution in [3.05, 3.63) is 24.0 Å². The van der Waals surface area contributed by atoms with E-state index in [0.717, 1.165) is 35.4 Å². The Morgan fingerprint density at radius 2 is 2.16 bits per heavy atom. The summed E-state index contributed by atoms with van der Waals surface area (Å²) in [7, 11) is 0. The van der Waals surface area contributed by atoms with Crippen LogP contribution < -0.4 is 5.32 Å². The molecule has 1 saturated carbocycles. The smallest absolute Gasteiger partial charge is 0.227 e. The minimum absolute atomic E-state index is 0.138. The number of nitrogens with one attached hydrogen (secondary N) is 1. The van der Waals surface area contributed by atoms with Crippen molar-refractivity contribution >= 4 is 22.6 Å². The first-order valence-corrected chi connectivity index (χ1v) is 6.85. The lowest BCUT2D eigenvalue weighted by molar-refractivity contribution is -0.117. The van der Waals surface area contributed by atoms with Crippen LogP contribution in [0.3, 0.4) is 0 Å². The molecule has 0 saturated heterocycles. The molecule has 1 aliphatic carbocycles. The molecule has 0 radical (unpaired) electrons. The Morgan fingerprint density at radius 1 is 1.42 bits per heavy atom. The number of rotatable bonds is 3. The second-order valence-electron chi connectivity index (χ2n) is 5.59. The van der Waals surface area contributed by atoms with E-state index in [4.69, 9.17) is 0 Å². The normalized spacial score (nSPS) is 15.2. The average Bonchev–Trinajstić information content (AvgIpc) is 3.11. The Balaban J connectivity index is 1.95. The molecule has 0 unspecified atom stereocenters. The van der Waals surface area contributed by atoms with Crippen LogP contribution in [0.1, 0.15) is 38.6 Å². The summed E-state index contributed by atoms with van der Waals surface area (Å²) in [6, 6.07) is 6.35. The molecular weight excluding hydrogens is 238 g/mol. The molecule has 4 heteroatoms. The van der Waals surface area contributed by atoms with Gasteiger partial charge in [0, 0.05) is 17.6 Å². The second-order valence-corrected chi connectivity index (χ2v) is 5.59. The predicted octanol–water partition coefficient (Wildman–Crippen LogP) is 3.27. The molecule has 100 valence electrons. The number of benzene rings is 1. The number of nitrogens with zero attached hydrogens (tertiary/aromatic N) is 2. The quantitative estimate of drug-likeness (QED) is 0.917. The van der Waals surface area contributed by atoms with E-state index in [1.165, 1.54) is 0 Å². The van der Waals surface area contributed by atoms with Gasteiger partial charge in [0.05, 0.1) is 11.0 Å². The number of hydrogen-bond donors (Lipinski definition) is 1. The third-order valence-electron chi connectivity index (χ3n) is 3.60. The van der Waals surface area contributed by atoms with E-state index < -0.39 is 0 Å². The summed E-state index contributed by atoms with van der Waals surface area (Å²) in [5.41, 5.74) is 2.91. The van der Waals surface area contributed by atoms with Crippen molar-refractivity contribution in [3.63, 3.8) is 0 Å². The number of fused-ring (bicyclic) bond motifs is 1. The van der Waals surface area contributed by atoms with Crippen LogP contribution in [0.25, 0.3) is 11.0 Å². The molecule has 2 aromatic rings. The zero-order valence-corrected chi connectivity index (χ0v) is 11.6. The lowest BCUT2D eigenvalue weighted by Crippen LogP contribution is -2.13. The third-order valence-corrected chi connectivity index (χ3v) is 3.60. The van der Waals surface area contributed by atoms with Gasteiger partial charge in [0.2, 0.25) is 5.91 Å².